The smallest absolute Gasteiger partial charge is 0.341 e. The SMILES string of the molecule is COC(=O)c1cc(NCc2ccc(Cl)cc2)ccc1O. The molecule has 0 aliphatic carbocycles. The Morgan fingerprint density at radius 2 is 1.95 bits per heavy atom. The van der Waals surface area contributed by atoms with Crippen LogP contribution in [0.4, 0.5) is 5.69 Å². The molecule has 2 N–H and O–H groups in total. The molecular weight excluding hydrogens is 278 g/mol. The number of nitrogens with one attached hydrogen (secondary N) is 1. The predicted molar refractivity (Wildman–Crippen MR) is 78.2 cm³/mol. The second-order valence-electron chi connectivity index (χ2n) is 4.20. The number of hydrogen-bond donors (Lipinski definition) is 2. The van der Waals surface area contributed by atoms with E-state index < -0.39 is 5.97 Å². The summed E-state index contributed by atoms with van der Waals surface area (Å²) in [4.78, 5) is 11.5. The van der Waals surface area contributed by atoms with Crippen LogP contribution >= 0.6 is 11.6 Å². The van der Waals surface area contributed by atoms with Crippen molar-refractivity contribution in [1.82, 2.24) is 0 Å². The molecule has 0 fully saturated rings. The summed E-state index contributed by atoms with van der Waals surface area (Å²) in [6.07, 6.45) is 0. The molecule has 2 rings (SSSR count). The number of halogens is 1. The molecule has 104 valence electrons. The molecule has 0 aliphatic rings. The molecule has 0 aromatic heterocycles. The van der Waals surface area contributed by atoms with Crippen LogP contribution in [-0.4, -0.2) is 18.2 Å². The lowest BCUT2D eigenvalue weighted by atomic mass is 10.1. The molecule has 0 heterocycles. The van der Waals surface area contributed by atoms with E-state index in [9.17, 15) is 9.90 Å². The Hall–Kier alpha value is -2.20. The summed E-state index contributed by atoms with van der Waals surface area (Å²) >= 11 is 5.82. The molecule has 20 heavy (non-hydrogen) atoms. The van der Waals surface area contributed by atoms with Crippen LogP contribution in [0.15, 0.2) is 42.5 Å². The lowest BCUT2D eigenvalue weighted by Gasteiger charge is -2.09. The highest BCUT2D eigenvalue weighted by atomic mass is 35.5. The Kier molecular flexibility index (Phi) is 4.48. The van der Waals surface area contributed by atoms with Crippen LogP contribution in [0.25, 0.3) is 0 Å². The number of phenols is 1. The van der Waals surface area contributed by atoms with Crippen LogP contribution in [0.1, 0.15) is 15.9 Å². The topological polar surface area (TPSA) is 58.6 Å². The maximum Gasteiger partial charge on any atom is 0.341 e. The van der Waals surface area contributed by atoms with E-state index in [1.165, 1.54) is 13.2 Å². The van der Waals surface area contributed by atoms with Crippen molar-refractivity contribution < 1.29 is 14.6 Å². The minimum Gasteiger partial charge on any atom is -0.507 e. The van der Waals surface area contributed by atoms with E-state index in [-0.39, 0.29) is 11.3 Å². The highest BCUT2D eigenvalue weighted by Gasteiger charge is 2.11. The minimum absolute atomic E-state index is 0.103. The van der Waals surface area contributed by atoms with Crippen LogP contribution in [0.3, 0.4) is 0 Å². The highest BCUT2D eigenvalue weighted by Crippen LogP contribution is 2.22. The Morgan fingerprint density at radius 1 is 1.25 bits per heavy atom. The molecule has 2 aromatic carbocycles. The van der Waals surface area contributed by atoms with Crippen LogP contribution < -0.4 is 5.32 Å². The predicted octanol–water partition coefficient (Wildman–Crippen LogP) is 3.44. The van der Waals surface area contributed by atoms with Gasteiger partial charge in [-0.15, -0.1) is 0 Å². The Balaban J connectivity index is 2.10. The van der Waals surface area contributed by atoms with Crippen molar-refractivity contribution in [3.05, 3.63) is 58.6 Å². The number of carbonyl (C=O) groups excluding carboxylic acids is 1. The molecule has 0 radical (unpaired) electrons. The zero-order chi connectivity index (χ0) is 14.5. The van der Waals surface area contributed by atoms with Crippen molar-refractivity contribution in [1.29, 1.82) is 0 Å². The molecule has 5 heteroatoms. The van der Waals surface area contributed by atoms with Gasteiger partial charge in [0.05, 0.1) is 7.11 Å². The maximum atomic E-state index is 11.5. The van der Waals surface area contributed by atoms with Crippen LogP contribution in [0.2, 0.25) is 5.02 Å². The molecular formula is C15H14ClNO3. The fourth-order valence-corrected chi connectivity index (χ4v) is 1.85. The number of ether oxygens (including phenoxy) is 1. The maximum absolute atomic E-state index is 11.5. The van der Waals surface area contributed by atoms with Crippen LogP contribution in [0.5, 0.6) is 5.75 Å². The van der Waals surface area contributed by atoms with Crippen molar-refractivity contribution >= 4 is 23.3 Å². The molecule has 0 amide bonds. The van der Waals surface area contributed by atoms with Crippen LogP contribution in [-0.2, 0) is 11.3 Å². The molecule has 0 unspecified atom stereocenters. The van der Waals surface area contributed by atoms with E-state index in [0.717, 1.165) is 11.3 Å². The fourth-order valence-electron chi connectivity index (χ4n) is 1.73. The third-order valence-electron chi connectivity index (χ3n) is 2.81. The first kappa shape index (κ1) is 14.2. The van der Waals surface area contributed by atoms with Gasteiger partial charge in [-0.2, -0.15) is 0 Å². The van der Waals surface area contributed by atoms with Crippen molar-refractivity contribution in [3.63, 3.8) is 0 Å². The number of rotatable bonds is 4. The number of methoxy groups -OCH3 is 1. The quantitative estimate of drug-likeness (QED) is 0.669. The normalized spacial score (nSPS) is 10.1. The van der Waals surface area contributed by atoms with Gasteiger partial charge in [-0.25, -0.2) is 4.79 Å². The third kappa shape index (κ3) is 3.42. The van der Waals surface area contributed by atoms with Crippen molar-refractivity contribution in [2.24, 2.45) is 0 Å². The Labute approximate surface area is 122 Å². The summed E-state index contributed by atoms with van der Waals surface area (Å²) in [5.74, 6) is -0.675. The number of phenolic OH excluding ortho intramolecular Hbond substituents is 1. The molecule has 4 nitrogen and oxygen atoms in total. The molecule has 2 aromatic rings. The minimum atomic E-state index is -0.572. The fraction of sp³-hybridized carbons (Fsp3) is 0.133. The number of carbonyl (C=O) groups is 1. The van der Waals surface area contributed by atoms with E-state index in [2.05, 4.69) is 10.1 Å². The van der Waals surface area contributed by atoms with Crippen molar-refractivity contribution in [2.75, 3.05) is 12.4 Å². The van der Waals surface area contributed by atoms with Gasteiger partial charge in [-0.05, 0) is 35.9 Å². The lowest BCUT2D eigenvalue weighted by molar-refractivity contribution is 0.0597. The highest BCUT2D eigenvalue weighted by molar-refractivity contribution is 6.30. The Bertz CT molecular complexity index is 611. The van der Waals surface area contributed by atoms with E-state index >= 15 is 0 Å². The first-order valence-corrected chi connectivity index (χ1v) is 6.37. The van der Waals surface area contributed by atoms with Crippen molar-refractivity contribution in [2.45, 2.75) is 6.54 Å². The van der Waals surface area contributed by atoms with Gasteiger partial charge in [-0.1, -0.05) is 23.7 Å². The summed E-state index contributed by atoms with van der Waals surface area (Å²) in [7, 11) is 1.27. The second-order valence-corrected chi connectivity index (χ2v) is 4.64. The van der Waals surface area contributed by atoms with E-state index in [1.807, 2.05) is 24.3 Å². The largest absolute Gasteiger partial charge is 0.507 e. The van der Waals surface area contributed by atoms with Gasteiger partial charge < -0.3 is 15.2 Å². The average molecular weight is 292 g/mol. The third-order valence-corrected chi connectivity index (χ3v) is 3.06. The molecule has 0 saturated carbocycles. The molecule has 0 spiro atoms. The first-order chi connectivity index (χ1) is 9.60. The monoisotopic (exact) mass is 291 g/mol. The summed E-state index contributed by atoms with van der Waals surface area (Å²) < 4.78 is 4.61. The van der Waals surface area contributed by atoms with E-state index in [0.29, 0.717) is 11.6 Å². The van der Waals surface area contributed by atoms with Gasteiger partial charge >= 0.3 is 5.97 Å². The number of anilines is 1. The average Bonchev–Trinajstić information content (AvgIpc) is 2.47. The van der Waals surface area contributed by atoms with E-state index in [4.69, 9.17) is 11.6 Å². The number of benzene rings is 2. The first-order valence-electron chi connectivity index (χ1n) is 6.00. The Morgan fingerprint density at radius 3 is 2.60 bits per heavy atom. The van der Waals surface area contributed by atoms with Crippen molar-refractivity contribution in [3.8, 4) is 5.75 Å². The van der Waals surface area contributed by atoms with Gasteiger partial charge in [0.2, 0.25) is 0 Å². The molecule has 0 bridgehead atoms. The van der Waals surface area contributed by atoms with Gasteiger partial charge in [-0.3, -0.25) is 0 Å². The zero-order valence-corrected chi connectivity index (χ0v) is 11.6. The zero-order valence-electron chi connectivity index (χ0n) is 10.9. The van der Waals surface area contributed by atoms with Gasteiger partial charge in [0, 0.05) is 17.3 Å². The molecule has 0 aliphatic heterocycles. The molecule has 0 atom stereocenters. The summed E-state index contributed by atoms with van der Waals surface area (Å²) in [6.45, 7) is 0.586. The molecule has 0 saturated heterocycles. The summed E-state index contributed by atoms with van der Waals surface area (Å²) in [5.41, 5.74) is 1.91. The van der Waals surface area contributed by atoms with Gasteiger partial charge in [0.15, 0.2) is 0 Å². The summed E-state index contributed by atoms with van der Waals surface area (Å²) in [6, 6.07) is 12.2. The van der Waals surface area contributed by atoms with E-state index in [1.54, 1.807) is 12.1 Å². The number of hydrogen-bond acceptors (Lipinski definition) is 4. The summed E-state index contributed by atoms with van der Waals surface area (Å²) in [5, 5.41) is 13.5. The second kappa shape index (κ2) is 6.30. The number of aromatic hydroxyl groups is 1. The van der Waals surface area contributed by atoms with Gasteiger partial charge in [0.25, 0.3) is 0 Å². The lowest BCUT2D eigenvalue weighted by Crippen LogP contribution is -2.04. The standard InChI is InChI=1S/C15H14ClNO3/c1-20-15(19)13-8-12(6-7-14(13)18)17-9-10-2-4-11(16)5-3-10/h2-8,17-18H,9H2,1H3. The van der Waals surface area contributed by atoms with Gasteiger partial charge in [0.1, 0.15) is 11.3 Å². The van der Waals surface area contributed by atoms with Crippen LogP contribution in [0, 0.1) is 0 Å². The number of esters is 1.